The Balaban J connectivity index is 2.67. The van der Waals surface area contributed by atoms with E-state index in [1.807, 2.05) is 0 Å². The van der Waals surface area contributed by atoms with Crippen LogP contribution >= 0.6 is 0 Å². The minimum absolute atomic E-state index is 0.1000. The van der Waals surface area contributed by atoms with Gasteiger partial charge in [-0.3, -0.25) is 4.79 Å². The van der Waals surface area contributed by atoms with E-state index in [4.69, 9.17) is 5.73 Å². The van der Waals surface area contributed by atoms with E-state index in [0.717, 1.165) is 31.9 Å². The van der Waals surface area contributed by atoms with Crippen LogP contribution in [0.3, 0.4) is 0 Å². The monoisotopic (exact) mass is 262 g/mol. The number of nitrogens with zero attached hydrogens (tertiary/aromatic N) is 1. The Morgan fingerprint density at radius 3 is 2.47 bits per heavy atom. The maximum Gasteiger partial charge on any atom is 0.237 e. The third-order valence-corrected chi connectivity index (χ3v) is 4.22. The molecule has 17 heavy (non-hydrogen) atoms. The summed E-state index contributed by atoms with van der Waals surface area (Å²) in [6.45, 7) is 0.557. The number of hydrogen-bond donors (Lipinski definition) is 1. The van der Waals surface area contributed by atoms with Crippen LogP contribution in [-0.4, -0.2) is 50.9 Å². The van der Waals surface area contributed by atoms with Crippen LogP contribution in [0.15, 0.2) is 0 Å². The molecule has 0 heterocycles. The smallest absolute Gasteiger partial charge is 0.237 e. The zero-order chi connectivity index (χ0) is 13.1. The molecular formula is C11H22N2O3S. The maximum absolute atomic E-state index is 11.8. The van der Waals surface area contributed by atoms with Gasteiger partial charge in [-0.05, 0) is 25.3 Å². The standard InChI is InChI=1S/C11H22N2O3S/c1-13(11(14)8-17(2,15)16)10-6-4-3-5-9(10)7-12/h9-10H,3-8,12H2,1-2H3. The zero-order valence-electron chi connectivity index (χ0n) is 10.6. The first-order chi connectivity index (χ1) is 7.85. The second kappa shape index (κ2) is 5.82. The van der Waals surface area contributed by atoms with Crippen molar-refractivity contribution in [3.63, 3.8) is 0 Å². The van der Waals surface area contributed by atoms with Crippen LogP contribution < -0.4 is 5.73 Å². The van der Waals surface area contributed by atoms with Gasteiger partial charge in [0.25, 0.3) is 0 Å². The molecule has 2 atom stereocenters. The van der Waals surface area contributed by atoms with Crippen LogP contribution in [0.4, 0.5) is 0 Å². The number of sulfone groups is 1. The van der Waals surface area contributed by atoms with Crippen LogP contribution in [0.5, 0.6) is 0 Å². The molecule has 0 radical (unpaired) electrons. The number of hydrogen-bond acceptors (Lipinski definition) is 4. The van der Waals surface area contributed by atoms with Crippen LogP contribution in [0, 0.1) is 5.92 Å². The summed E-state index contributed by atoms with van der Waals surface area (Å²) in [5.41, 5.74) is 5.70. The molecule has 0 aromatic heterocycles. The molecule has 1 aliphatic carbocycles. The quantitative estimate of drug-likeness (QED) is 0.773. The molecule has 0 aliphatic heterocycles. The number of nitrogens with two attached hydrogens (primary N) is 1. The van der Waals surface area contributed by atoms with Gasteiger partial charge in [0.1, 0.15) is 5.75 Å². The van der Waals surface area contributed by atoms with Gasteiger partial charge >= 0.3 is 0 Å². The first kappa shape index (κ1) is 14.4. The molecule has 0 aromatic carbocycles. The third-order valence-electron chi connectivity index (χ3n) is 3.45. The molecule has 2 unspecified atom stereocenters. The Bertz CT molecular complexity index is 367. The summed E-state index contributed by atoms with van der Waals surface area (Å²) in [5, 5.41) is 0. The predicted molar refractivity (Wildman–Crippen MR) is 67.3 cm³/mol. The highest BCUT2D eigenvalue weighted by molar-refractivity contribution is 7.91. The first-order valence-electron chi connectivity index (χ1n) is 5.98. The van der Waals surface area contributed by atoms with E-state index in [1.165, 1.54) is 0 Å². The molecule has 100 valence electrons. The third kappa shape index (κ3) is 4.27. The van der Waals surface area contributed by atoms with E-state index in [-0.39, 0.29) is 11.9 Å². The molecule has 1 fully saturated rings. The minimum Gasteiger partial charge on any atom is -0.342 e. The lowest BCUT2D eigenvalue weighted by Gasteiger charge is -2.37. The summed E-state index contributed by atoms with van der Waals surface area (Å²) in [5.74, 6) is -0.424. The lowest BCUT2D eigenvalue weighted by atomic mass is 9.84. The van der Waals surface area contributed by atoms with Crippen molar-refractivity contribution in [1.29, 1.82) is 0 Å². The van der Waals surface area contributed by atoms with Crippen LogP contribution in [0.2, 0.25) is 0 Å². The number of carbonyl (C=O) groups excluding carboxylic acids is 1. The molecule has 0 aromatic rings. The molecule has 1 rings (SSSR count). The minimum atomic E-state index is -3.25. The van der Waals surface area contributed by atoms with E-state index < -0.39 is 15.6 Å². The largest absolute Gasteiger partial charge is 0.342 e. The molecule has 0 bridgehead atoms. The summed E-state index contributed by atoms with van der Waals surface area (Å²) >= 11 is 0. The lowest BCUT2D eigenvalue weighted by Crippen LogP contribution is -2.47. The fourth-order valence-electron chi connectivity index (χ4n) is 2.48. The lowest BCUT2D eigenvalue weighted by molar-refractivity contribution is -0.130. The second-order valence-corrected chi connectivity index (χ2v) is 7.06. The fraction of sp³-hybridized carbons (Fsp3) is 0.909. The van der Waals surface area contributed by atoms with Crippen molar-refractivity contribution in [1.82, 2.24) is 4.90 Å². The Kier molecular flexibility index (Phi) is 4.94. The molecule has 2 N–H and O–H groups in total. The predicted octanol–water partition coefficient (Wildman–Crippen LogP) is 0.00690. The Morgan fingerprint density at radius 2 is 1.94 bits per heavy atom. The number of rotatable bonds is 4. The summed E-state index contributed by atoms with van der Waals surface area (Å²) in [6.07, 6.45) is 5.26. The van der Waals surface area contributed by atoms with Crippen molar-refractivity contribution in [2.24, 2.45) is 11.7 Å². The molecule has 1 amide bonds. The number of amides is 1. The van der Waals surface area contributed by atoms with Gasteiger partial charge in [0, 0.05) is 19.3 Å². The fourth-order valence-corrected chi connectivity index (χ4v) is 3.14. The highest BCUT2D eigenvalue weighted by atomic mass is 32.2. The summed E-state index contributed by atoms with van der Waals surface area (Å²) in [4.78, 5) is 13.4. The summed E-state index contributed by atoms with van der Waals surface area (Å²) < 4.78 is 22.2. The molecule has 0 spiro atoms. The van der Waals surface area contributed by atoms with Gasteiger partial charge in [-0.2, -0.15) is 0 Å². The van der Waals surface area contributed by atoms with Gasteiger partial charge in [0.05, 0.1) is 0 Å². The first-order valence-corrected chi connectivity index (χ1v) is 8.04. The van der Waals surface area contributed by atoms with Crippen molar-refractivity contribution >= 4 is 15.7 Å². The second-order valence-electron chi connectivity index (χ2n) is 4.92. The van der Waals surface area contributed by atoms with E-state index in [0.29, 0.717) is 12.5 Å². The summed E-state index contributed by atoms with van der Waals surface area (Å²) in [6, 6.07) is 0.1000. The van der Waals surface area contributed by atoms with Crippen LogP contribution in [-0.2, 0) is 14.6 Å². The van der Waals surface area contributed by atoms with Crippen molar-refractivity contribution in [3.05, 3.63) is 0 Å². The SMILES string of the molecule is CN(C(=O)CS(C)(=O)=O)C1CCCCC1CN. The number of carbonyl (C=O) groups is 1. The van der Waals surface area contributed by atoms with Gasteiger partial charge in [-0.1, -0.05) is 12.8 Å². The Morgan fingerprint density at radius 1 is 1.35 bits per heavy atom. The highest BCUT2D eigenvalue weighted by Gasteiger charge is 2.30. The zero-order valence-corrected chi connectivity index (χ0v) is 11.4. The van der Waals surface area contributed by atoms with Gasteiger partial charge in [0.2, 0.25) is 5.91 Å². The van der Waals surface area contributed by atoms with Crippen molar-refractivity contribution in [3.8, 4) is 0 Å². The van der Waals surface area contributed by atoms with E-state index in [9.17, 15) is 13.2 Å². The molecule has 1 saturated carbocycles. The van der Waals surface area contributed by atoms with E-state index in [2.05, 4.69) is 0 Å². The molecule has 5 nitrogen and oxygen atoms in total. The van der Waals surface area contributed by atoms with Crippen molar-refractivity contribution in [2.45, 2.75) is 31.7 Å². The van der Waals surface area contributed by atoms with Crippen molar-refractivity contribution < 1.29 is 13.2 Å². The molecule has 0 saturated heterocycles. The van der Waals surface area contributed by atoms with Gasteiger partial charge < -0.3 is 10.6 Å². The van der Waals surface area contributed by atoms with Gasteiger partial charge in [-0.25, -0.2) is 8.42 Å². The highest BCUT2D eigenvalue weighted by Crippen LogP contribution is 2.27. The average molecular weight is 262 g/mol. The van der Waals surface area contributed by atoms with E-state index >= 15 is 0 Å². The normalized spacial score (nSPS) is 25.6. The molecule has 1 aliphatic rings. The summed E-state index contributed by atoms with van der Waals surface area (Å²) in [7, 11) is -1.57. The van der Waals surface area contributed by atoms with Crippen LogP contribution in [0.25, 0.3) is 0 Å². The maximum atomic E-state index is 11.8. The Labute approximate surface area is 103 Å². The van der Waals surface area contributed by atoms with Crippen molar-refractivity contribution in [2.75, 3.05) is 25.6 Å². The van der Waals surface area contributed by atoms with E-state index in [1.54, 1.807) is 11.9 Å². The Hall–Kier alpha value is -0.620. The topological polar surface area (TPSA) is 80.5 Å². The molecular weight excluding hydrogens is 240 g/mol. The molecule has 6 heteroatoms. The van der Waals surface area contributed by atoms with Crippen LogP contribution in [0.1, 0.15) is 25.7 Å². The van der Waals surface area contributed by atoms with Gasteiger partial charge in [-0.15, -0.1) is 0 Å². The van der Waals surface area contributed by atoms with Gasteiger partial charge in [0.15, 0.2) is 9.84 Å². The average Bonchev–Trinajstić information content (AvgIpc) is 2.25.